The number of piperidine rings is 1. The molecule has 2 rings (SSSR count). The molecule has 1 aliphatic heterocycles. The fourth-order valence-corrected chi connectivity index (χ4v) is 2.80. The summed E-state index contributed by atoms with van der Waals surface area (Å²) in [6, 6.07) is 2.08. The zero-order valence-electron chi connectivity index (χ0n) is 10.6. The number of aliphatic hydroxyl groups excluding tert-OH is 1. The van der Waals surface area contributed by atoms with E-state index in [2.05, 4.69) is 38.8 Å². The van der Waals surface area contributed by atoms with Gasteiger partial charge in [0, 0.05) is 23.8 Å². The summed E-state index contributed by atoms with van der Waals surface area (Å²) < 4.78 is 6.63. The maximum atomic E-state index is 8.80. The van der Waals surface area contributed by atoms with Crippen LogP contribution < -0.4 is 4.90 Å². The van der Waals surface area contributed by atoms with Crippen LogP contribution in [-0.2, 0) is 4.74 Å². The second-order valence-electron chi connectivity index (χ2n) is 4.60. The van der Waals surface area contributed by atoms with Crippen molar-refractivity contribution in [3.05, 3.63) is 22.3 Å². The second-order valence-corrected chi connectivity index (χ2v) is 5.51. The third-order valence-electron chi connectivity index (χ3n) is 3.14. The van der Waals surface area contributed by atoms with E-state index in [4.69, 9.17) is 9.84 Å². The highest BCUT2D eigenvalue weighted by molar-refractivity contribution is 9.10. The largest absolute Gasteiger partial charge is 0.394 e. The second kappa shape index (κ2) is 6.50. The van der Waals surface area contributed by atoms with Crippen molar-refractivity contribution in [2.24, 2.45) is 0 Å². The minimum atomic E-state index is 0.0893. The van der Waals surface area contributed by atoms with E-state index < -0.39 is 0 Å². The molecule has 0 unspecified atom stereocenters. The Labute approximate surface area is 116 Å². The third kappa shape index (κ3) is 3.43. The van der Waals surface area contributed by atoms with E-state index in [1.807, 2.05) is 6.20 Å². The molecule has 0 aromatic carbocycles. The number of halogens is 1. The van der Waals surface area contributed by atoms with Crippen molar-refractivity contribution >= 4 is 21.7 Å². The van der Waals surface area contributed by atoms with Crippen LogP contribution in [0, 0.1) is 6.92 Å². The Kier molecular flexibility index (Phi) is 4.97. The van der Waals surface area contributed by atoms with Gasteiger partial charge in [-0.25, -0.2) is 4.98 Å². The Morgan fingerprint density at radius 3 is 3.17 bits per heavy atom. The van der Waals surface area contributed by atoms with Crippen molar-refractivity contribution in [1.29, 1.82) is 0 Å². The van der Waals surface area contributed by atoms with Crippen LogP contribution in [0.2, 0.25) is 0 Å². The summed E-state index contributed by atoms with van der Waals surface area (Å²) in [5.74, 6) is 1.04. The molecule has 0 bridgehead atoms. The highest BCUT2D eigenvalue weighted by atomic mass is 79.9. The van der Waals surface area contributed by atoms with E-state index in [9.17, 15) is 0 Å². The van der Waals surface area contributed by atoms with Crippen LogP contribution in [0.3, 0.4) is 0 Å². The van der Waals surface area contributed by atoms with Crippen LogP contribution >= 0.6 is 15.9 Å². The van der Waals surface area contributed by atoms with Crippen molar-refractivity contribution in [1.82, 2.24) is 4.98 Å². The Hall–Kier alpha value is -0.650. The number of ether oxygens (including phenoxy) is 1. The van der Waals surface area contributed by atoms with Crippen molar-refractivity contribution in [3.8, 4) is 0 Å². The fraction of sp³-hybridized carbons (Fsp3) is 0.615. The standard InChI is InChI=1S/C13H19BrN2O2/c1-10-7-11(14)8-15-13(10)16-4-2-3-12(9-16)18-6-5-17/h7-8,12,17H,2-6,9H2,1H3/t12-/m1/s1. The first-order chi connectivity index (χ1) is 8.70. The third-order valence-corrected chi connectivity index (χ3v) is 3.57. The quantitative estimate of drug-likeness (QED) is 0.924. The normalized spacial score (nSPS) is 20.2. The predicted molar refractivity (Wildman–Crippen MR) is 74.9 cm³/mol. The Morgan fingerprint density at radius 1 is 1.61 bits per heavy atom. The van der Waals surface area contributed by atoms with E-state index >= 15 is 0 Å². The summed E-state index contributed by atoms with van der Waals surface area (Å²) in [4.78, 5) is 6.76. The van der Waals surface area contributed by atoms with Crippen LogP contribution in [0.15, 0.2) is 16.7 Å². The maximum Gasteiger partial charge on any atom is 0.131 e. The first-order valence-electron chi connectivity index (χ1n) is 6.30. The van der Waals surface area contributed by atoms with E-state index in [1.54, 1.807) is 0 Å². The lowest BCUT2D eigenvalue weighted by Crippen LogP contribution is -2.40. The molecule has 0 saturated carbocycles. The minimum absolute atomic E-state index is 0.0893. The number of aliphatic hydroxyl groups is 1. The fourth-order valence-electron chi connectivity index (χ4n) is 2.35. The average Bonchev–Trinajstić information content (AvgIpc) is 2.36. The van der Waals surface area contributed by atoms with E-state index in [0.717, 1.165) is 36.2 Å². The van der Waals surface area contributed by atoms with Gasteiger partial charge in [-0.3, -0.25) is 0 Å². The monoisotopic (exact) mass is 314 g/mol. The molecule has 0 radical (unpaired) electrons. The molecule has 0 aliphatic carbocycles. The minimum Gasteiger partial charge on any atom is -0.394 e. The molecule has 1 atom stereocenters. The van der Waals surface area contributed by atoms with Crippen molar-refractivity contribution in [2.75, 3.05) is 31.2 Å². The van der Waals surface area contributed by atoms with Crippen molar-refractivity contribution in [3.63, 3.8) is 0 Å². The molecule has 1 N–H and O–H groups in total. The van der Waals surface area contributed by atoms with Gasteiger partial charge in [-0.2, -0.15) is 0 Å². The lowest BCUT2D eigenvalue weighted by Gasteiger charge is -2.34. The lowest BCUT2D eigenvalue weighted by molar-refractivity contribution is 0.0213. The van der Waals surface area contributed by atoms with Gasteiger partial charge in [0.1, 0.15) is 5.82 Å². The topological polar surface area (TPSA) is 45.6 Å². The van der Waals surface area contributed by atoms with Crippen LogP contribution in [0.1, 0.15) is 18.4 Å². The molecule has 0 amide bonds. The molecular weight excluding hydrogens is 296 g/mol. The number of nitrogens with zero attached hydrogens (tertiary/aromatic N) is 2. The van der Waals surface area contributed by atoms with Crippen LogP contribution in [-0.4, -0.2) is 42.5 Å². The summed E-state index contributed by atoms with van der Waals surface area (Å²) in [7, 11) is 0. The molecule has 1 aliphatic rings. The molecule has 1 saturated heterocycles. The number of hydrogen-bond donors (Lipinski definition) is 1. The number of aromatic nitrogens is 1. The lowest BCUT2D eigenvalue weighted by atomic mass is 10.1. The van der Waals surface area contributed by atoms with Gasteiger partial charge in [0.2, 0.25) is 0 Å². The van der Waals surface area contributed by atoms with Gasteiger partial charge in [-0.1, -0.05) is 0 Å². The maximum absolute atomic E-state index is 8.80. The molecule has 1 aromatic rings. The summed E-state index contributed by atoms with van der Waals surface area (Å²) in [5, 5.41) is 8.80. The molecule has 18 heavy (non-hydrogen) atoms. The molecule has 5 heteroatoms. The van der Waals surface area contributed by atoms with Gasteiger partial charge >= 0.3 is 0 Å². The van der Waals surface area contributed by atoms with Gasteiger partial charge in [-0.05, 0) is 47.3 Å². The highest BCUT2D eigenvalue weighted by Crippen LogP contribution is 2.24. The molecular formula is C13H19BrN2O2. The first kappa shape index (κ1) is 13.8. The van der Waals surface area contributed by atoms with Crippen molar-refractivity contribution in [2.45, 2.75) is 25.9 Å². The van der Waals surface area contributed by atoms with Gasteiger partial charge in [0.05, 0.1) is 19.3 Å². The van der Waals surface area contributed by atoms with Gasteiger partial charge < -0.3 is 14.7 Å². The molecule has 100 valence electrons. The molecule has 1 fully saturated rings. The van der Waals surface area contributed by atoms with E-state index in [0.29, 0.717) is 6.61 Å². The summed E-state index contributed by atoms with van der Waals surface area (Å²) in [6.45, 7) is 4.46. The Balaban J connectivity index is 2.03. The summed E-state index contributed by atoms with van der Waals surface area (Å²) in [5.41, 5.74) is 1.17. The van der Waals surface area contributed by atoms with Crippen molar-refractivity contribution < 1.29 is 9.84 Å². The SMILES string of the molecule is Cc1cc(Br)cnc1N1CCC[C@@H](OCCO)C1. The zero-order valence-corrected chi connectivity index (χ0v) is 12.2. The number of rotatable bonds is 4. The van der Waals surface area contributed by atoms with E-state index in [-0.39, 0.29) is 12.7 Å². The molecule has 0 spiro atoms. The Morgan fingerprint density at radius 2 is 2.44 bits per heavy atom. The number of hydrogen-bond acceptors (Lipinski definition) is 4. The zero-order chi connectivity index (χ0) is 13.0. The van der Waals surface area contributed by atoms with Crippen LogP contribution in [0.4, 0.5) is 5.82 Å². The first-order valence-corrected chi connectivity index (χ1v) is 7.09. The van der Waals surface area contributed by atoms with Gasteiger partial charge in [0.15, 0.2) is 0 Å². The molecule has 2 heterocycles. The highest BCUT2D eigenvalue weighted by Gasteiger charge is 2.22. The number of anilines is 1. The Bertz CT molecular complexity index is 401. The number of pyridine rings is 1. The summed E-state index contributed by atoms with van der Waals surface area (Å²) >= 11 is 3.43. The summed E-state index contributed by atoms with van der Waals surface area (Å²) in [6.07, 6.45) is 4.20. The van der Waals surface area contributed by atoms with Gasteiger partial charge in [0.25, 0.3) is 0 Å². The average molecular weight is 315 g/mol. The smallest absolute Gasteiger partial charge is 0.131 e. The molecule has 1 aromatic heterocycles. The van der Waals surface area contributed by atoms with Crippen LogP contribution in [0.5, 0.6) is 0 Å². The van der Waals surface area contributed by atoms with Gasteiger partial charge in [-0.15, -0.1) is 0 Å². The predicted octanol–water partition coefficient (Wildman–Crippen LogP) is 2.13. The number of aryl methyl sites for hydroxylation is 1. The molecule has 4 nitrogen and oxygen atoms in total. The van der Waals surface area contributed by atoms with Crippen LogP contribution in [0.25, 0.3) is 0 Å². The van der Waals surface area contributed by atoms with E-state index in [1.165, 1.54) is 5.56 Å².